The lowest BCUT2D eigenvalue weighted by atomic mass is 10.1. The Labute approximate surface area is 117 Å². The van der Waals surface area contributed by atoms with Gasteiger partial charge in [0.1, 0.15) is 0 Å². The summed E-state index contributed by atoms with van der Waals surface area (Å²) in [6, 6.07) is 4.65. The van der Waals surface area contributed by atoms with Crippen molar-refractivity contribution in [2.45, 2.75) is 32.9 Å². The average molecular weight is 287 g/mol. The van der Waals surface area contributed by atoms with E-state index in [0.717, 1.165) is 0 Å². The van der Waals surface area contributed by atoms with Crippen molar-refractivity contribution in [1.82, 2.24) is 4.90 Å². The Balaban J connectivity index is 3.00. The molecule has 0 heterocycles. The predicted octanol–water partition coefficient (Wildman–Crippen LogP) is 2.84. The van der Waals surface area contributed by atoms with Gasteiger partial charge in [0.05, 0.1) is 21.1 Å². The van der Waals surface area contributed by atoms with Crippen molar-refractivity contribution in [3.8, 4) is 0 Å². The summed E-state index contributed by atoms with van der Waals surface area (Å²) in [6.07, 6.45) is 0. The van der Waals surface area contributed by atoms with Crippen LogP contribution in [0.1, 0.15) is 26.3 Å². The fourth-order valence-corrected chi connectivity index (χ4v) is 2.15. The van der Waals surface area contributed by atoms with E-state index in [1.165, 1.54) is 6.07 Å². The van der Waals surface area contributed by atoms with E-state index in [4.69, 9.17) is 11.6 Å². The Morgan fingerprint density at radius 2 is 2.11 bits per heavy atom. The molecule has 0 radical (unpaired) electrons. The third kappa shape index (κ3) is 4.78. The fraction of sp³-hybridized carbons (Fsp3) is 0.538. The van der Waals surface area contributed by atoms with Crippen LogP contribution in [0.2, 0.25) is 5.02 Å². The van der Waals surface area contributed by atoms with Gasteiger partial charge < -0.3 is 5.11 Å². The molecule has 19 heavy (non-hydrogen) atoms. The van der Waals surface area contributed by atoms with E-state index in [-0.39, 0.29) is 5.69 Å². The van der Waals surface area contributed by atoms with Gasteiger partial charge in [0.15, 0.2) is 0 Å². The number of nitro benzene ring substituents is 1. The number of likely N-dealkylation sites (N-methyl/N-ethyl adjacent to an activating group) is 1. The molecule has 1 N–H and O–H groups in total. The van der Waals surface area contributed by atoms with Crippen molar-refractivity contribution in [1.29, 1.82) is 0 Å². The number of hydrogen-bond donors (Lipinski definition) is 1. The van der Waals surface area contributed by atoms with Crippen LogP contribution in [-0.4, -0.2) is 33.6 Å². The highest BCUT2D eigenvalue weighted by molar-refractivity contribution is 6.31. The summed E-state index contributed by atoms with van der Waals surface area (Å²) >= 11 is 6.05. The zero-order valence-electron chi connectivity index (χ0n) is 11.4. The molecule has 0 saturated heterocycles. The molecule has 0 aliphatic rings. The van der Waals surface area contributed by atoms with Crippen LogP contribution in [0.5, 0.6) is 0 Å². The topological polar surface area (TPSA) is 66.6 Å². The third-order valence-corrected chi connectivity index (χ3v) is 3.08. The Hall–Kier alpha value is -1.17. The van der Waals surface area contributed by atoms with Crippen LogP contribution in [0.25, 0.3) is 0 Å². The van der Waals surface area contributed by atoms with Crippen LogP contribution >= 0.6 is 11.6 Å². The minimum Gasteiger partial charge on any atom is -0.389 e. The molecule has 0 saturated carbocycles. The molecule has 0 atom stereocenters. The first-order valence-corrected chi connectivity index (χ1v) is 6.49. The monoisotopic (exact) mass is 286 g/mol. The summed E-state index contributed by atoms with van der Waals surface area (Å²) < 4.78 is 0. The summed E-state index contributed by atoms with van der Waals surface area (Å²) in [6.45, 7) is 6.79. The number of aliphatic hydroxyl groups is 1. The van der Waals surface area contributed by atoms with Gasteiger partial charge in [-0.25, -0.2) is 0 Å². The van der Waals surface area contributed by atoms with Crippen molar-refractivity contribution in [2.24, 2.45) is 0 Å². The van der Waals surface area contributed by atoms with Gasteiger partial charge in [-0.1, -0.05) is 24.6 Å². The number of rotatable bonds is 6. The second-order valence-electron chi connectivity index (χ2n) is 5.11. The van der Waals surface area contributed by atoms with E-state index in [9.17, 15) is 15.2 Å². The molecular weight excluding hydrogens is 268 g/mol. The zero-order chi connectivity index (χ0) is 14.6. The molecule has 6 heteroatoms. The molecule has 0 amide bonds. The first-order valence-electron chi connectivity index (χ1n) is 6.11. The van der Waals surface area contributed by atoms with Gasteiger partial charge in [0, 0.05) is 19.2 Å². The highest BCUT2D eigenvalue weighted by Crippen LogP contribution is 2.27. The minimum absolute atomic E-state index is 0.0155. The summed E-state index contributed by atoms with van der Waals surface area (Å²) in [5.74, 6) is 0. The van der Waals surface area contributed by atoms with Crippen LogP contribution in [0.4, 0.5) is 5.69 Å². The molecule has 1 rings (SSSR count). The predicted molar refractivity (Wildman–Crippen MR) is 75.4 cm³/mol. The Morgan fingerprint density at radius 3 is 2.58 bits per heavy atom. The first kappa shape index (κ1) is 15.9. The second-order valence-corrected chi connectivity index (χ2v) is 5.52. The van der Waals surface area contributed by atoms with E-state index in [2.05, 4.69) is 0 Å². The number of benzene rings is 1. The molecule has 0 aliphatic carbocycles. The maximum absolute atomic E-state index is 11.0. The van der Waals surface area contributed by atoms with Crippen molar-refractivity contribution < 1.29 is 10.0 Å². The van der Waals surface area contributed by atoms with Gasteiger partial charge in [0.2, 0.25) is 0 Å². The van der Waals surface area contributed by atoms with E-state index >= 15 is 0 Å². The van der Waals surface area contributed by atoms with Gasteiger partial charge in [-0.3, -0.25) is 15.0 Å². The van der Waals surface area contributed by atoms with Crippen LogP contribution in [0.15, 0.2) is 18.2 Å². The fourth-order valence-electron chi connectivity index (χ4n) is 1.93. The molecule has 1 aromatic carbocycles. The Bertz CT molecular complexity index is 458. The summed E-state index contributed by atoms with van der Waals surface area (Å²) in [4.78, 5) is 12.5. The molecule has 0 unspecified atom stereocenters. The Kier molecular flexibility index (Phi) is 5.29. The van der Waals surface area contributed by atoms with Crippen molar-refractivity contribution in [3.05, 3.63) is 38.9 Å². The summed E-state index contributed by atoms with van der Waals surface area (Å²) in [7, 11) is 0. The molecular formula is C13H19ClN2O3. The lowest BCUT2D eigenvalue weighted by molar-refractivity contribution is -0.385. The number of nitro groups is 1. The van der Waals surface area contributed by atoms with Crippen LogP contribution < -0.4 is 0 Å². The number of nitrogens with zero attached hydrogens (tertiary/aromatic N) is 2. The quantitative estimate of drug-likeness (QED) is 0.645. The maximum Gasteiger partial charge on any atom is 0.275 e. The summed E-state index contributed by atoms with van der Waals surface area (Å²) in [5, 5.41) is 21.2. The van der Waals surface area contributed by atoms with E-state index in [1.807, 2.05) is 11.8 Å². The SMILES string of the molecule is CCN(Cc1c(Cl)cccc1[N+](=O)[O-])CC(C)(C)O. The summed E-state index contributed by atoms with van der Waals surface area (Å²) in [5.41, 5.74) is -0.353. The van der Waals surface area contributed by atoms with Crippen LogP contribution in [0, 0.1) is 10.1 Å². The molecule has 0 aromatic heterocycles. The average Bonchev–Trinajstić information content (AvgIpc) is 2.28. The van der Waals surface area contributed by atoms with E-state index in [0.29, 0.717) is 30.2 Å². The smallest absolute Gasteiger partial charge is 0.275 e. The van der Waals surface area contributed by atoms with E-state index in [1.54, 1.807) is 26.0 Å². The molecule has 1 aromatic rings. The van der Waals surface area contributed by atoms with Gasteiger partial charge in [-0.2, -0.15) is 0 Å². The largest absolute Gasteiger partial charge is 0.389 e. The van der Waals surface area contributed by atoms with Gasteiger partial charge in [0.25, 0.3) is 5.69 Å². The van der Waals surface area contributed by atoms with Crippen LogP contribution in [-0.2, 0) is 6.54 Å². The van der Waals surface area contributed by atoms with Crippen molar-refractivity contribution in [2.75, 3.05) is 13.1 Å². The lowest BCUT2D eigenvalue weighted by Gasteiger charge is -2.28. The van der Waals surface area contributed by atoms with Crippen molar-refractivity contribution >= 4 is 17.3 Å². The minimum atomic E-state index is -0.855. The van der Waals surface area contributed by atoms with Gasteiger partial charge in [-0.05, 0) is 26.5 Å². The standard InChI is InChI=1S/C13H19ClN2O3/c1-4-15(9-13(2,3)17)8-10-11(14)6-5-7-12(10)16(18)19/h5-7,17H,4,8-9H2,1-3H3. The van der Waals surface area contributed by atoms with Gasteiger partial charge >= 0.3 is 0 Å². The molecule has 0 bridgehead atoms. The first-order chi connectivity index (χ1) is 8.74. The molecule has 0 spiro atoms. The zero-order valence-corrected chi connectivity index (χ0v) is 12.1. The maximum atomic E-state index is 11.0. The second kappa shape index (κ2) is 6.32. The molecule has 0 fully saturated rings. The molecule has 5 nitrogen and oxygen atoms in total. The normalized spacial score (nSPS) is 11.9. The number of hydrogen-bond acceptors (Lipinski definition) is 4. The highest BCUT2D eigenvalue weighted by Gasteiger charge is 2.22. The lowest BCUT2D eigenvalue weighted by Crippen LogP contribution is -2.38. The van der Waals surface area contributed by atoms with Crippen LogP contribution in [0.3, 0.4) is 0 Å². The Morgan fingerprint density at radius 1 is 1.47 bits per heavy atom. The molecule has 0 aliphatic heterocycles. The number of halogens is 1. The highest BCUT2D eigenvalue weighted by atomic mass is 35.5. The van der Waals surface area contributed by atoms with Gasteiger partial charge in [-0.15, -0.1) is 0 Å². The van der Waals surface area contributed by atoms with Crippen molar-refractivity contribution in [3.63, 3.8) is 0 Å². The molecule has 106 valence electrons. The third-order valence-electron chi connectivity index (χ3n) is 2.73. The van der Waals surface area contributed by atoms with E-state index < -0.39 is 10.5 Å².